The summed E-state index contributed by atoms with van der Waals surface area (Å²) in [6.07, 6.45) is 8.48. The van der Waals surface area contributed by atoms with Crippen LogP contribution in [-0.4, -0.2) is 38.4 Å². The predicted octanol–water partition coefficient (Wildman–Crippen LogP) is 4.93. The molecule has 0 spiro atoms. The summed E-state index contributed by atoms with van der Waals surface area (Å²) in [5, 5.41) is 0. The molecule has 0 amide bonds. The zero-order valence-electron chi connectivity index (χ0n) is 17.1. The lowest BCUT2D eigenvalue weighted by Gasteiger charge is -2.41. The molecule has 0 unspecified atom stereocenters. The lowest BCUT2D eigenvalue weighted by molar-refractivity contribution is 0.290. The highest BCUT2D eigenvalue weighted by Crippen LogP contribution is 2.31. The van der Waals surface area contributed by atoms with E-state index < -0.39 is 10.0 Å². The van der Waals surface area contributed by atoms with E-state index in [1.165, 1.54) is 37.8 Å². The average molecular weight is 413 g/mol. The smallest absolute Gasteiger partial charge is 0.243 e. The highest BCUT2D eigenvalue weighted by molar-refractivity contribution is 7.89. The quantitative estimate of drug-likeness (QED) is 0.676. The number of piperidine rings is 1. The van der Waals surface area contributed by atoms with Gasteiger partial charge in [0.15, 0.2) is 0 Å². The van der Waals surface area contributed by atoms with Crippen LogP contribution in [0.4, 0.5) is 5.69 Å². The van der Waals surface area contributed by atoms with Crippen LogP contribution in [0.1, 0.15) is 44.9 Å². The predicted molar refractivity (Wildman–Crippen MR) is 119 cm³/mol. The van der Waals surface area contributed by atoms with Gasteiger partial charge in [0.25, 0.3) is 0 Å². The van der Waals surface area contributed by atoms with E-state index in [4.69, 9.17) is 0 Å². The van der Waals surface area contributed by atoms with Gasteiger partial charge in [-0.05, 0) is 55.9 Å². The number of anilines is 1. The van der Waals surface area contributed by atoms with Gasteiger partial charge in [0.1, 0.15) is 0 Å². The maximum absolute atomic E-state index is 13.0. The van der Waals surface area contributed by atoms with Crippen LogP contribution in [0.3, 0.4) is 0 Å². The Morgan fingerprint density at radius 1 is 0.793 bits per heavy atom. The fraction of sp³-hybridized carbons (Fsp3) is 0.500. The van der Waals surface area contributed by atoms with E-state index >= 15 is 0 Å². The number of benzene rings is 2. The topological polar surface area (TPSA) is 40.6 Å². The Morgan fingerprint density at radius 2 is 1.38 bits per heavy atom. The van der Waals surface area contributed by atoms with Crippen molar-refractivity contribution in [1.82, 2.24) is 4.31 Å². The number of para-hydroxylation sites is 1. The monoisotopic (exact) mass is 412 g/mol. The second kappa shape index (κ2) is 9.31. The summed E-state index contributed by atoms with van der Waals surface area (Å²) in [6, 6.07) is 19.9. The van der Waals surface area contributed by atoms with Gasteiger partial charge in [0, 0.05) is 31.4 Å². The molecule has 2 aliphatic rings. The van der Waals surface area contributed by atoms with Crippen LogP contribution in [0.25, 0.3) is 0 Å². The summed E-state index contributed by atoms with van der Waals surface area (Å²) in [6.45, 7) is 2.28. The third-order valence-electron chi connectivity index (χ3n) is 6.51. The maximum Gasteiger partial charge on any atom is 0.243 e. The van der Waals surface area contributed by atoms with Gasteiger partial charge in [-0.3, -0.25) is 0 Å². The van der Waals surface area contributed by atoms with Crippen molar-refractivity contribution < 1.29 is 8.42 Å². The van der Waals surface area contributed by atoms with Crippen LogP contribution in [-0.2, 0) is 10.0 Å². The summed E-state index contributed by atoms with van der Waals surface area (Å²) in [5.41, 5.74) is 1.28. The van der Waals surface area contributed by atoms with E-state index in [1.807, 2.05) is 6.07 Å². The Labute approximate surface area is 175 Å². The van der Waals surface area contributed by atoms with E-state index in [1.54, 1.807) is 28.6 Å². The molecule has 4 rings (SSSR count). The van der Waals surface area contributed by atoms with Crippen molar-refractivity contribution in [3.05, 3.63) is 60.7 Å². The van der Waals surface area contributed by atoms with E-state index in [-0.39, 0.29) is 0 Å². The van der Waals surface area contributed by atoms with Crippen LogP contribution in [0.5, 0.6) is 0 Å². The Morgan fingerprint density at radius 3 is 2.00 bits per heavy atom. The first kappa shape index (κ1) is 20.4. The molecule has 2 aromatic rings. The molecule has 2 aromatic carbocycles. The van der Waals surface area contributed by atoms with Crippen molar-refractivity contribution in [2.24, 2.45) is 5.92 Å². The number of sulfonamides is 1. The zero-order chi connectivity index (χ0) is 20.1. The molecule has 0 atom stereocenters. The fourth-order valence-corrected chi connectivity index (χ4v) is 6.36. The van der Waals surface area contributed by atoms with Gasteiger partial charge >= 0.3 is 0 Å². The largest absolute Gasteiger partial charge is 0.368 e. The molecule has 29 heavy (non-hydrogen) atoms. The van der Waals surface area contributed by atoms with Crippen LogP contribution in [0.2, 0.25) is 0 Å². The van der Waals surface area contributed by atoms with Crippen LogP contribution in [0, 0.1) is 5.92 Å². The highest BCUT2D eigenvalue weighted by atomic mass is 32.2. The minimum absolute atomic E-state index is 0.403. The average Bonchev–Trinajstić information content (AvgIpc) is 2.79. The van der Waals surface area contributed by atoms with Gasteiger partial charge in [-0.15, -0.1) is 0 Å². The van der Waals surface area contributed by atoms with E-state index in [2.05, 4.69) is 35.2 Å². The summed E-state index contributed by atoms with van der Waals surface area (Å²) >= 11 is 0. The summed E-state index contributed by atoms with van der Waals surface area (Å²) < 4.78 is 27.6. The summed E-state index contributed by atoms with van der Waals surface area (Å²) in [4.78, 5) is 2.98. The molecule has 0 radical (unpaired) electrons. The van der Waals surface area contributed by atoms with Crippen molar-refractivity contribution in [3.8, 4) is 0 Å². The zero-order valence-corrected chi connectivity index (χ0v) is 17.9. The number of nitrogens with zero attached hydrogens (tertiary/aromatic N) is 2. The first-order valence-corrected chi connectivity index (χ1v) is 12.5. The Bertz CT molecular complexity index is 856. The van der Waals surface area contributed by atoms with Crippen molar-refractivity contribution in [2.75, 3.05) is 24.5 Å². The molecule has 1 saturated carbocycles. The molecule has 4 nitrogen and oxygen atoms in total. The van der Waals surface area contributed by atoms with Crippen molar-refractivity contribution in [2.45, 2.75) is 55.9 Å². The molecule has 5 heteroatoms. The minimum atomic E-state index is -3.39. The maximum atomic E-state index is 13.0. The normalized spacial score (nSPS) is 19.9. The molecule has 1 saturated heterocycles. The van der Waals surface area contributed by atoms with E-state index in [0.29, 0.717) is 24.0 Å². The molecule has 1 heterocycles. The van der Waals surface area contributed by atoms with Gasteiger partial charge in [-0.25, -0.2) is 8.42 Å². The molecular formula is C24H32N2O2S. The van der Waals surface area contributed by atoms with Crippen molar-refractivity contribution in [1.29, 1.82) is 0 Å². The standard InChI is InChI=1S/C24H32N2O2S/c27-29(28,24-14-8-3-9-15-24)25-18-16-23(17-19-25)26(22-12-6-2-7-13-22)20-21-10-4-1-5-11-21/h2-3,6-9,12-15,21,23H,1,4-5,10-11,16-20H2. The fourth-order valence-electron chi connectivity index (χ4n) is 4.87. The van der Waals surface area contributed by atoms with E-state index in [9.17, 15) is 8.42 Å². The van der Waals surface area contributed by atoms with Gasteiger partial charge in [-0.2, -0.15) is 4.31 Å². The Kier molecular flexibility index (Phi) is 6.56. The second-order valence-electron chi connectivity index (χ2n) is 8.44. The Balaban J connectivity index is 1.46. The first-order chi connectivity index (χ1) is 14.1. The molecule has 1 aliphatic heterocycles. The SMILES string of the molecule is O=S(=O)(c1ccccc1)N1CCC(N(CC2CCCCC2)c2ccccc2)CC1. The molecule has 0 bridgehead atoms. The Hall–Kier alpha value is -1.85. The molecule has 1 aliphatic carbocycles. The van der Waals surface area contributed by atoms with Crippen LogP contribution >= 0.6 is 0 Å². The summed E-state index contributed by atoms with van der Waals surface area (Å²) in [7, 11) is -3.39. The van der Waals surface area contributed by atoms with Crippen molar-refractivity contribution in [3.63, 3.8) is 0 Å². The summed E-state index contributed by atoms with van der Waals surface area (Å²) in [5.74, 6) is 0.759. The molecule has 156 valence electrons. The van der Waals surface area contributed by atoms with Gasteiger partial charge in [-0.1, -0.05) is 55.7 Å². The molecule has 0 N–H and O–H groups in total. The van der Waals surface area contributed by atoms with Crippen molar-refractivity contribution >= 4 is 15.7 Å². The molecule has 0 aromatic heterocycles. The first-order valence-electron chi connectivity index (χ1n) is 11.0. The number of hydrogen-bond donors (Lipinski definition) is 0. The molecular weight excluding hydrogens is 380 g/mol. The lowest BCUT2D eigenvalue weighted by atomic mass is 9.88. The van der Waals surface area contributed by atoms with E-state index in [0.717, 1.165) is 25.3 Å². The van der Waals surface area contributed by atoms with Gasteiger partial charge < -0.3 is 4.90 Å². The third-order valence-corrected chi connectivity index (χ3v) is 8.43. The number of hydrogen-bond acceptors (Lipinski definition) is 3. The van der Waals surface area contributed by atoms with Gasteiger partial charge in [0.05, 0.1) is 4.90 Å². The lowest BCUT2D eigenvalue weighted by Crippen LogP contribution is -2.48. The van der Waals surface area contributed by atoms with Crippen LogP contribution in [0.15, 0.2) is 65.6 Å². The van der Waals surface area contributed by atoms with Crippen LogP contribution < -0.4 is 4.90 Å². The molecule has 2 fully saturated rings. The number of rotatable bonds is 6. The second-order valence-corrected chi connectivity index (χ2v) is 10.4. The highest BCUT2D eigenvalue weighted by Gasteiger charge is 2.32. The minimum Gasteiger partial charge on any atom is -0.368 e. The third kappa shape index (κ3) is 4.84. The van der Waals surface area contributed by atoms with Gasteiger partial charge in [0.2, 0.25) is 10.0 Å².